The highest BCUT2D eigenvalue weighted by molar-refractivity contribution is 6.04. The molecule has 4 nitrogen and oxygen atoms in total. The van der Waals surface area contributed by atoms with Crippen LogP contribution in [0, 0.1) is 6.92 Å². The molecule has 0 aliphatic heterocycles. The summed E-state index contributed by atoms with van der Waals surface area (Å²) >= 11 is 0. The summed E-state index contributed by atoms with van der Waals surface area (Å²) in [6.07, 6.45) is 1.75. The molecule has 0 heterocycles. The molecule has 0 aliphatic rings. The first-order valence-electron chi connectivity index (χ1n) is 10.8. The Balaban J connectivity index is 2.01. The molecular weight excluding hydrogens is 388 g/mol. The lowest BCUT2D eigenvalue weighted by Gasteiger charge is -2.18. The number of hydrogen-bond acceptors (Lipinski definition) is 4. The zero-order valence-electron chi connectivity index (χ0n) is 18.2. The van der Waals surface area contributed by atoms with E-state index in [-0.39, 0.29) is 11.5 Å². The molecule has 160 valence electrons. The second kappa shape index (κ2) is 8.76. The van der Waals surface area contributed by atoms with E-state index in [1.54, 1.807) is 0 Å². The second-order valence-electron chi connectivity index (χ2n) is 7.83. The van der Waals surface area contributed by atoms with Crippen LogP contribution in [0.5, 0.6) is 23.0 Å². The van der Waals surface area contributed by atoms with Crippen molar-refractivity contribution in [2.24, 2.45) is 0 Å². The predicted molar refractivity (Wildman–Crippen MR) is 127 cm³/mol. The van der Waals surface area contributed by atoms with Gasteiger partial charge in [-0.2, -0.15) is 0 Å². The molecule has 4 aromatic carbocycles. The minimum absolute atomic E-state index is 0.114. The lowest BCUT2D eigenvalue weighted by molar-refractivity contribution is 0.320. The van der Waals surface area contributed by atoms with Crippen LogP contribution in [0.2, 0.25) is 0 Å². The van der Waals surface area contributed by atoms with Crippen LogP contribution in [0.15, 0.2) is 54.6 Å². The molecule has 4 heteroatoms. The van der Waals surface area contributed by atoms with E-state index < -0.39 is 0 Å². The number of rotatable bonds is 7. The molecule has 0 amide bonds. The van der Waals surface area contributed by atoms with Gasteiger partial charge in [0.1, 0.15) is 23.0 Å². The lowest BCUT2D eigenvalue weighted by Crippen LogP contribution is -1.98. The summed E-state index contributed by atoms with van der Waals surface area (Å²) in [4.78, 5) is 0. The number of ether oxygens (including phenoxy) is 2. The van der Waals surface area contributed by atoms with Crippen molar-refractivity contribution in [2.75, 3.05) is 13.2 Å². The van der Waals surface area contributed by atoms with E-state index in [0.29, 0.717) is 46.6 Å². The minimum Gasteiger partial charge on any atom is -0.507 e. The molecule has 2 N–H and O–H groups in total. The van der Waals surface area contributed by atoms with E-state index in [2.05, 4.69) is 13.8 Å². The highest BCUT2D eigenvalue weighted by Crippen LogP contribution is 2.48. The number of hydrogen-bond donors (Lipinski definition) is 2. The summed E-state index contributed by atoms with van der Waals surface area (Å²) in [7, 11) is 0. The zero-order chi connectivity index (χ0) is 22.0. The van der Waals surface area contributed by atoms with Crippen LogP contribution >= 0.6 is 0 Å². The molecule has 0 atom stereocenters. The monoisotopic (exact) mass is 416 g/mol. The quantitative estimate of drug-likeness (QED) is 0.342. The molecule has 0 radical (unpaired) electrons. The molecule has 0 saturated heterocycles. The summed E-state index contributed by atoms with van der Waals surface area (Å²) < 4.78 is 12.0. The maximum atomic E-state index is 11.2. The van der Waals surface area contributed by atoms with E-state index in [4.69, 9.17) is 9.47 Å². The van der Waals surface area contributed by atoms with E-state index >= 15 is 0 Å². The average molecular weight is 417 g/mol. The van der Waals surface area contributed by atoms with E-state index in [1.165, 1.54) is 0 Å². The van der Waals surface area contributed by atoms with Gasteiger partial charge < -0.3 is 19.7 Å². The van der Waals surface area contributed by atoms with Gasteiger partial charge in [-0.15, -0.1) is 0 Å². The fraction of sp³-hybridized carbons (Fsp3) is 0.259. The van der Waals surface area contributed by atoms with E-state index in [9.17, 15) is 10.2 Å². The van der Waals surface area contributed by atoms with Crippen LogP contribution in [-0.2, 0) is 0 Å². The van der Waals surface area contributed by atoms with Crippen molar-refractivity contribution in [3.05, 3.63) is 60.2 Å². The summed E-state index contributed by atoms with van der Waals surface area (Å²) in [5.41, 5.74) is 2.13. The Morgan fingerprint density at radius 1 is 0.645 bits per heavy atom. The Hall–Kier alpha value is -3.40. The average Bonchev–Trinajstić information content (AvgIpc) is 2.78. The number of aryl methyl sites for hydroxylation is 1. The van der Waals surface area contributed by atoms with Crippen LogP contribution in [0.1, 0.15) is 32.3 Å². The van der Waals surface area contributed by atoms with E-state index in [0.717, 1.165) is 29.2 Å². The van der Waals surface area contributed by atoms with Gasteiger partial charge in [-0.1, -0.05) is 55.8 Å². The fourth-order valence-corrected chi connectivity index (χ4v) is 3.89. The molecular formula is C27H28O4. The van der Waals surface area contributed by atoms with Crippen molar-refractivity contribution in [1.82, 2.24) is 0 Å². The number of benzene rings is 4. The molecule has 0 spiro atoms. The Kier molecular flexibility index (Phi) is 5.90. The minimum atomic E-state index is 0.114. The first-order chi connectivity index (χ1) is 15.0. The third kappa shape index (κ3) is 3.86. The Morgan fingerprint density at radius 2 is 1.16 bits per heavy atom. The molecule has 4 rings (SSSR count). The maximum absolute atomic E-state index is 11.2. The molecule has 0 unspecified atom stereocenters. The van der Waals surface area contributed by atoms with Crippen molar-refractivity contribution in [3.8, 4) is 34.1 Å². The SMILES string of the molecule is CCCOc1cc(-c2cc(OCCC)c3cc(C)ccc3c2O)c(O)c2ccccc12. The fourth-order valence-electron chi connectivity index (χ4n) is 3.89. The first-order valence-corrected chi connectivity index (χ1v) is 10.8. The summed E-state index contributed by atoms with van der Waals surface area (Å²) in [6, 6.07) is 17.1. The van der Waals surface area contributed by atoms with Crippen molar-refractivity contribution >= 4 is 21.5 Å². The number of fused-ring (bicyclic) bond motifs is 2. The summed E-state index contributed by atoms with van der Waals surface area (Å²) in [6.45, 7) is 7.27. The molecule has 0 aromatic heterocycles. The smallest absolute Gasteiger partial charge is 0.131 e. The topological polar surface area (TPSA) is 58.9 Å². The van der Waals surface area contributed by atoms with Crippen LogP contribution < -0.4 is 9.47 Å². The number of aromatic hydroxyl groups is 2. The van der Waals surface area contributed by atoms with Crippen LogP contribution in [0.4, 0.5) is 0 Å². The van der Waals surface area contributed by atoms with E-state index in [1.807, 2.05) is 61.5 Å². The van der Waals surface area contributed by atoms with Gasteiger partial charge >= 0.3 is 0 Å². The van der Waals surface area contributed by atoms with Crippen LogP contribution in [0.3, 0.4) is 0 Å². The largest absolute Gasteiger partial charge is 0.507 e. The van der Waals surface area contributed by atoms with Gasteiger partial charge in [0.25, 0.3) is 0 Å². The molecule has 31 heavy (non-hydrogen) atoms. The van der Waals surface area contributed by atoms with Gasteiger partial charge in [-0.3, -0.25) is 0 Å². The highest BCUT2D eigenvalue weighted by atomic mass is 16.5. The Labute approximate surface area is 182 Å². The van der Waals surface area contributed by atoms with Crippen LogP contribution in [0.25, 0.3) is 32.7 Å². The van der Waals surface area contributed by atoms with Crippen molar-refractivity contribution < 1.29 is 19.7 Å². The summed E-state index contributed by atoms with van der Waals surface area (Å²) in [5.74, 6) is 1.61. The predicted octanol–water partition coefficient (Wildman–Crippen LogP) is 6.96. The molecule has 0 bridgehead atoms. The molecule has 4 aromatic rings. The highest BCUT2D eigenvalue weighted by Gasteiger charge is 2.20. The zero-order valence-corrected chi connectivity index (χ0v) is 18.2. The number of phenolic OH excluding ortho intramolecular Hbond substituents is 2. The van der Waals surface area contributed by atoms with Gasteiger partial charge in [0.05, 0.1) is 13.2 Å². The second-order valence-corrected chi connectivity index (χ2v) is 7.83. The third-order valence-corrected chi connectivity index (χ3v) is 5.42. The van der Waals surface area contributed by atoms with Gasteiger partial charge in [0.15, 0.2) is 0 Å². The van der Waals surface area contributed by atoms with Crippen molar-refractivity contribution in [1.29, 1.82) is 0 Å². The van der Waals surface area contributed by atoms with Gasteiger partial charge in [-0.05, 0) is 38.0 Å². The standard InChI is InChI=1S/C27H28O4/c1-4-12-30-24-15-22(26(28)19-9-7-6-8-18(19)24)23-16-25(31-13-5-2)21-14-17(3)10-11-20(21)27(23)29/h6-11,14-16,28-29H,4-5,12-13H2,1-3H3. The molecule has 0 fully saturated rings. The molecule has 0 aliphatic carbocycles. The van der Waals surface area contributed by atoms with Crippen LogP contribution in [-0.4, -0.2) is 23.4 Å². The normalized spacial score (nSPS) is 11.2. The van der Waals surface area contributed by atoms with Gasteiger partial charge in [-0.25, -0.2) is 0 Å². The molecule has 0 saturated carbocycles. The first kappa shape index (κ1) is 20.9. The summed E-state index contributed by atoms with van der Waals surface area (Å²) in [5, 5.41) is 25.4. The van der Waals surface area contributed by atoms with Crippen molar-refractivity contribution in [3.63, 3.8) is 0 Å². The maximum Gasteiger partial charge on any atom is 0.131 e. The van der Waals surface area contributed by atoms with Crippen molar-refractivity contribution in [2.45, 2.75) is 33.6 Å². The number of phenols is 2. The Bertz CT molecular complexity index is 1240. The Morgan fingerprint density at radius 3 is 1.74 bits per heavy atom. The van der Waals surface area contributed by atoms with Gasteiger partial charge in [0, 0.05) is 32.7 Å². The lowest BCUT2D eigenvalue weighted by atomic mass is 9.94. The third-order valence-electron chi connectivity index (χ3n) is 5.42. The van der Waals surface area contributed by atoms with Gasteiger partial charge in [0.2, 0.25) is 0 Å².